The van der Waals surface area contributed by atoms with E-state index in [0.717, 1.165) is 0 Å². The summed E-state index contributed by atoms with van der Waals surface area (Å²) in [7, 11) is 1.09. The molecule has 4 nitrogen and oxygen atoms in total. The van der Waals surface area contributed by atoms with Crippen LogP contribution < -0.4 is 0 Å². The summed E-state index contributed by atoms with van der Waals surface area (Å²) in [5.41, 5.74) is 1.15. The van der Waals surface area contributed by atoms with Crippen LogP contribution in [0.2, 0.25) is 19.6 Å². The van der Waals surface area contributed by atoms with Gasteiger partial charge in [-0.1, -0.05) is 25.6 Å². The summed E-state index contributed by atoms with van der Waals surface area (Å²) in [6, 6.07) is 0. The van der Waals surface area contributed by atoms with Gasteiger partial charge in [0.1, 0.15) is 8.07 Å². The predicted octanol–water partition coefficient (Wildman–Crippen LogP) is 0.685. The average Bonchev–Trinajstić information content (AvgIpc) is 2.20. The largest absolute Gasteiger partial charge is 0.493 e. The molecule has 0 aromatic rings. The Morgan fingerprint density at radius 3 is 2.19 bits per heavy atom. The van der Waals surface area contributed by atoms with E-state index in [0.29, 0.717) is 0 Å². The highest BCUT2D eigenvalue weighted by Crippen LogP contribution is 2.35. The van der Waals surface area contributed by atoms with E-state index >= 15 is 0 Å². The minimum absolute atomic E-state index is 0.0508. The molecule has 1 N–H and O–H groups in total. The maximum atomic E-state index is 11.6. The lowest BCUT2D eigenvalue weighted by Gasteiger charge is -2.32. The van der Waals surface area contributed by atoms with Crippen LogP contribution >= 0.6 is 0 Å². The number of methoxy groups -OCH3 is 2. The van der Waals surface area contributed by atoms with Crippen LogP contribution in [0.4, 0.5) is 0 Å². The third kappa shape index (κ3) is 1.99. The highest BCUT2D eigenvalue weighted by molar-refractivity contribution is 6.83. The van der Waals surface area contributed by atoms with Crippen molar-refractivity contribution in [2.45, 2.75) is 25.2 Å². The van der Waals surface area contributed by atoms with E-state index in [1.54, 1.807) is 0 Å². The zero-order chi connectivity index (χ0) is 12.6. The van der Waals surface area contributed by atoms with Crippen molar-refractivity contribution in [3.63, 3.8) is 0 Å². The number of hydrogen-bond donors (Lipinski definition) is 1. The number of aliphatic hydroxyl groups is 1. The van der Waals surface area contributed by atoms with E-state index in [4.69, 9.17) is 9.47 Å². The molecule has 88 valence electrons. The molecule has 0 aliphatic heterocycles. The van der Waals surface area contributed by atoms with E-state index in [1.165, 1.54) is 14.2 Å². The van der Waals surface area contributed by atoms with Crippen LogP contribution in [0.25, 0.3) is 0 Å². The van der Waals surface area contributed by atoms with Crippen LogP contribution in [-0.4, -0.2) is 38.8 Å². The van der Waals surface area contributed by atoms with Gasteiger partial charge in [0.15, 0.2) is 5.76 Å². The molecule has 5 heteroatoms. The Labute approximate surface area is 96.3 Å². The van der Waals surface area contributed by atoms with Crippen molar-refractivity contribution in [1.82, 2.24) is 0 Å². The van der Waals surface area contributed by atoms with E-state index < -0.39 is 19.5 Å². The topological polar surface area (TPSA) is 55.8 Å². The molecule has 0 bridgehead atoms. The number of hydrogen-bond acceptors (Lipinski definition) is 4. The first kappa shape index (κ1) is 12.8. The van der Waals surface area contributed by atoms with Gasteiger partial charge >= 0.3 is 0 Å². The molecule has 0 aromatic carbocycles. The fraction of sp³-hybridized carbons (Fsp3) is 0.545. The summed E-state index contributed by atoms with van der Waals surface area (Å²) in [6.45, 7) is 6.08. The van der Waals surface area contributed by atoms with Crippen LogP contribution in [0.15, 0.2) is 11.5 Å². The fourth-order valence-electron chi connectivity index (χ4n) is 1.29. The van der Waals surface area contributed by atoms with Crippen LogP contribution in [0, 0.1) is 11.5 Å². The molecule has 1 aliphatic carbocycles. The second kappa shape index (κ2) is 3.96. The lowest BCUT2D eigenvalue weighted by Crippen LogP contribution is -2.51. The molecule has 0 aromatic heterocycles. The van der Waals surface area contributed by atoms with Crippen molar-refractivity contribution in [1.29, 1.82) is 0 Å². The van der Waals surface area contributed by atoms with Gasteiger partial charge in [-0.05, 0) is 0 Å². The Morgan fingerprint density at radius 1 is 1.25 bits per heavy atom. The molecular weight excluding hydrogens is 224 g/mol. The average molecular weight is 240 g/mol. The lowest BCUT2D eigenvalue weighted by molar-refractivity contribution is -0.138. The summed E-state index contributed by atoms with van der Waals surface area (Å²) < 4.78 is 9.76. The van der Waals surface area contributed by atoms with Gasteiger partial charge in [0.05, 0.1) is 14.2 Å². The summed E-state index contributed by atoms with van der Waals surface area (Å²) in [5.74, 6) is 2.23. The van der Waals surface area contributed by atoms with Crippen LogP contribution in [0.1, 0.15) is 0 Å². The zero-order valence-electron chi connectivity index (χ0n) is 10.2. The third-order valence-corrected chi connectivity index (χ3v) is 2.97. The van der Waals surface area contributed by atoms with Gasteiger partial charge in [-0.2, -0.15) is 0 Å². The zero-order valence-corrected chi connectivity index (χ0v) is 11.2. The molecule has 1 aliphatic rings. The number of ether oxygens (including phenoxy) is 2. The highest BCUT2D eigenvalue weighted by atomic mass is 28.3. The lowest BCUT2D eigenvalue weighted by atomic mass is 9.84. The quantitative estimate of drug-likeness (QED) is 0.570. The monoisotopic (exact) mass is 240 g/mol. The normalized spacial score (nSPS) is 24.5. The maximum Gasteiger partial charge on any atom is 0.254 e. The summed E-state index contributed by atoms with van der Waals surface area (Å²) in [4.78, 5) is 11.6. The van der Waals surface area contributed by atoms with Crippen molar-refractivity contribution in [2.75, 3.05) is 14.2 Å². The Kier molecular flexibility index (Phi) is 3.17. The van der Waals surface area contributed by atoms with Gasteiger partial charge in [-0.3, -0.25) is 4.79 Å². The Balaban J connectivity index is 3.10. The van der Waals surface area contributed by atoms with Gasteiger partial charge in [0.2, 0.25) is 5.76 Å². The smallest absolute Gasteiger partial charge is 0.254 e. The van der Waals surface area contributed by atoms with Crippen molar-refractivity contribution in [3.05, 3.63) is 11.5 Å². The number of ketones is 1. The standard InChI is InChI=1S/C11H16O4Si/c1-14-8-9(12)11(13,10(8)15-2)6-7-16(3,4)5/h13H,1-5H3. The minimum Gasteiger partial charge on any atom is -0.493 e. The Bertz CT molecular complexity index is 408. The molecule has 0 radical (unpaired) electrons. The molecular formula is C11H16O4Si. The number of carbonyl (C=O) groups is 1. The first-order chi connectivity index (χ1) is 7.26. The second-order valence-electron chi connectivity index (χ2n) is 4.61. The van der Waals surface area contributed by atoms with Gasteiger partial charge in [-0.25, -0.2) is 0 Å². The van der Waals surface area contributed by atoms with E-state index in [1.807, 2.05) is 19.6 Å². The number of carbonyl (C=O) groups excluding carboxylic acids is 1. The van der Waals surface area contributed by atoms with Crippen molar-refractivity contribution < 1.29 is 19.4 Å². The van der Waals surface area contributed by atoms with E-state index in [2.05, 4.69) is 11.5 Å². The summed E-state index contributed by atoms with van der Waals surface area (Å²) in [5, 5.41) is 10.0. The summed E-state index contributed by atoms with van der Waals surface area (Å²) in [6.07, 6.45) is 0. The molecule has 1 atom stereocenters. The van der Waals surface area contributed by atoms with Crippen LogP contribution in [0.5, 0.6) is 0 Å². The molecule has 0 spiro atoms. The first-order valence-corrected chi connectivity index (χ1v) is 8.40. The molecule has 1 rings (SSSR count). The first-order valence-electron chi connectivity index (χ1n) is 4.90. The molecule has 0 amide bonds. The predicted molar refractivity (Wildman–Crippen MR) is 62.1 cm³/mol. The molecule has 16 heavy (non-hydrogen) atoms. The van der Waals surface area contributed by atoms with Crippen molar-refractivity contribution in [2.24, 2.45) is 0 Å². The Hall–Kier alpha value is -1.25. The number of Topliss-reactive ketones (excluding diaryl/α,β-unsaturated/α-hetero) is 1. The number of rotatable bonds is 2. The van der Waals surface area contributed by atoms with Crippen LogP contribution in [0.3, 0.4) is 0 Å². The van der Waals surface area contributed by atoms with Crippen LogP contribution in [-0.2, 0) is 14.3 Å². The van der Waals surface area contributed by atoms with Crippen molar-refractivity contribution in [3.8, 4) is 11.5 Å². The molecule has 1 unspecified atom stereocenters. The van der Waals surface area contributed by atoms with Gasteiger partial charge < -0.3 is 14.6 Å². The minimum atomic E-state index is -1.81. The van der Waals surface area contributed by atoms with Gasteiger partial charge in [0, 0.05) is 0 Å². The molecule has 0 heterocycles. The molecule has 0 fully saturated rings. The SMILES string of the molecule is COC1=C(OC)C(O)(C#C[Si](C)(C)C)C1=O. The van der Waals surface area contributed by atoms with E-state index in [-0.39, 0.29) is 11.5 Å². The maximum absolute atomic E-state index is 11.6. The van der Waals surface area contributed by atoms with E-state index in [9.17, 15) is 9.90 Å². The summed E-state index contributed by atoms with van der Waals surface area (Å²) >= 11 is 0. The highest BCUT2D eigenvalue weighted by Gasteiger charge is 2.55. The second-order valence-corrected chi connectivity index (χ2v) is 9.36. The van der Waals surface area contributed by atoms with Gasteiger partial charge in [0.25, 0.3) is 11.4 Å². The third-order valence-electron chi connectivity index (χ3n) is 2.10. The fourth-order valence-corrected chi connectivity index (χ4v) is 1.85. The molecule has 0 saturated heterocycles. The molecule has 0 saturated carbocycles. The van der Waals surface area contributed by atoms with Crippen molar-refractivity contribution >= 4 is 13.9 Å². The van der Waals surface area contributed by atoms with Gasteiger partial charge in [-0.15, -0.1) is 5.54 Å². The Morgan fingerprint density at radius 2 is 1.81 bits per heavy atom.